The van der Waals surface area contributed by atoms with Crippen molar-refractivity contribution in [2.45, 2.75) is 11.1 Å². The Morgan fingerprint density at radius 2 is 1.96 bits per heavy atom. The number of pyridine rings is 2. The Labute approximate surface area is 154 Å². The minimum atomic E-state index is -0.104. The Kier molecular flexibility index (Phi) is 4.15. The monoisotopic (exact) mass is 365 g/mol. The molecule has 25 heavy (non-hydrogen) atoms. The van der Waals surface area contributed by atoms with Crippen LogP contribution in [0.1, 0.15) is 16.1 Å². The predicted octanol–water partition coefficient (Wildman–Crippen LogP) is 4.73. The molecule has 0 saturated heterocycles. The molecule has 0 atom stereocenters. The fraction of sp³-hybridized carbons (Fsp3) is 0.105. The molecule has 1 aliphatic heterocycles. The molecule has 0 bridgehead atoms. The van der Waals surface area contributed by atoms with Crippen LogP contribution in [-0.4, -0.2) is 22.1 Å². The number of hydrogen-bond acceptors (Lipinski definition) is 5. The second kappa shape index (κ2) is 6.46. The molecule has 3 aromatic heterocycles. The summed E-state index contributed by atoms with van der Waals surface area (Å²) in [4.78, 5) is 22.2. The van der Waals surface area contributed by atoms with Gasteiger partial charge < -0.3 is 5.32 Å². The number of hydrogen-bond donors (Lipinski definition) is 1. The summed E-state index contributed by atoms with van der Waals surface area (Å²) >= 11 is 3.38. The summed E-state index contributed by atoms with van der Waals surface area (Å²) < 4.78 is 1.23. The van der Waals surface area contributed by atoms with Crippen molar-refractivity contribution in [1.82, 2.24) is 9.97 Å². The fourth-order valence-corrected chi connectivity index (χ4v) is 4.34. The molecule has 1 amide bonds. The Bertz CT molecular complexity index is 993. The summed E-state index contributed by atoms with van der Waals surface area (Å²) in [6.07, 6.45) is 7.52. The van der Waals surface area contributed by atoms with E-state index in [-0.39, 0.29) is 5.91 Å². The second-order valence-electron chi connectivity index (χ2n) is 5.63. The van der Waals surface area contributed by atoms with Gasteiger partial charge in [-0.3, -0.25) is 9.78 Å². The highest BCUT2D eigenvalue weighted by atomic mass is 32.2. The molecule has 6 heteroatoms. The van der Waals surface area contributed by atoms with E-state index < -0.39 is 0 Å². The van der Waals surface area contributed by atoms with E-state index in [2.05, 4.69) is 21.4 Å². The van der Waals surface area contributed by atoms with Crippen LogP contribution in [0.5, 0.6) is 0 Å². The zero-order chi connectivity index (χ0) is 17.4. The molecular formula is C19H15N3OS2. The molecule has 0 fully saturated rings. The van der Waals surface area contributed by atoms with Crippen LogP contribution in [0.3, 0.4) is 0 Å². The maximum Gasteiger partial charge on any atom is 0.257 e. The van der Waals surface area contributed by atoms with Gasteiger partial charge in [0, 0.05) is 34.1 Å². The summed E-state index contributed by atoms with van der Waals surface area (Å²) in [5.74, 6) is 0.529. The molecule has 4 nitrogen and oxygen atoms in total. The number of thioether (sulfide) groups is 1. The molecule has 1 N–H and O–H groups in total. The first-order valence-corrected chi connectivity index (χ1v) is 9.79. The van der Waals surface area contributed by atoms with Gasteiger partial charge in [0.25, 0.3) is 5.91 Å². The Hall–Kier alpha value is -2.44. The number of thiophene rings is 1. The smallest absolute Gasteiger partial charge is 0.257 e. The van der Waals surface area contributed by atoms with Gasteiger partial charge in [-0.25, -0.2) is 4.98 Å². The average Bonchev–Trinajstić information content (AvgIpc) is 3.20. The Balaban J connectivity index is 1.82. The Morgan fingerprint density at radius 3 is 2.68 bits per heavy atom. The van der Waals surface area contributed by atoms with Gasteiger partial charge in [-0.1, -0.05) is 0 Å². The van der Waals surface area contributed by atoms with Gasteiger partial charge in [-0.05, 0) is 55.2 Å². The largest absolute Gasteiger partial charge is 0.306 e. The van der Waals surface area contributed by atoms with Crippen LogP contribution >= 0.6 is 23.1 Å². The normalized spacial score (nSPS) is 14.6. The number of aryl methyl sites for hydroxylation is 1. The van der Waals surface area contributed by atoms with Gasteiger partial charge in [-0.2, -0.15) is 0 Å². The zero-order valence-corrected chi connectivity index (χ0v) is 15.4. The lowest BCUT2D eigenvalue weighted by atomic mass is 10.0. The highest BCUT2D eigenvalue weighted by Gasteiger charge is 2.27. The lowest BCUT2D eigenvalue weighted by Crippen LogP contribution is -2.04. The van der Waals surface area contributed by atoms with Crippen molar-refractivity contribution in [3.8, 4) is 11.1 Å². The number of carbonyl (C=O) groups excluding carboxylic acids is 1. The number of amides is 1. The van der Waals surface area contributed by atoms with Crippen molar-refractivity contribution in [3.63, 3.8) is 0 Å². The first kappa shape index (κ1) is 16.1. The van der Waals surface area contributed by atoms with Crippen LogP contribution in [0.25, 0.3) is 22.8 Å². The molecule has 0 saturated carbocycles. The highest BCUT2D eigenvalue weighted by molar-refractivity contribution is 8.00. The van der Waals surface area contributed by atoms with Crippen molar-refractivity contribution < 1.29 is 4.79 Å². The summed E-state index contributed by atoms with van der Waals surface area (Å²) in [7, 11) is 0. The van der Waals surface area contributed by atoms with Gasteiger partial charge in [-0.15, -0.1) is 23.1 Å². The van der Waals surface area contributed by atoms with Gasteiger partial charge in [0.1, 0.15) is 5.82 Å². The van der Waals surface area contributed by atoms with Crippen LogP contribution in [0.2, 0.25) is 0 Å². The lowest BCUT2D eigenvalue weighted by Gasteiger charge is -2.08. The Morgan fingerprint density at radius 1 is 1.16 bits per heavy atom. The SMILES string of the molecule is CSc1ccc(C=C2C(=O)Nc3nc(C)c(-c4ccncc4)cc32)s1. The molecule has 0 aromatic carbocycles. The van der Waals surface area contributed by atoms with E-state index in [1.165, 1.54) is 4.21 Å². The van der Waals surface area contributed by atoms with E-state index in [0.29, 0.717) is 11.4 Å². The molecule has 0 radical (unpaired) electrons. The zero-order valence-electron chi connectivity index (χ0n) is 13.7. The van der Waals surface area contributed by atoms with Crippen molar-refractivity contribution in [3.05, 3.63) is 58.9 Å². The third-order valence-electron chi connectivity index (χ3n) is 4.06. The maximum atomic E-state index is 12.4. The van der Waals surface area contributed by atoms with Gasteiger partial charge in [0.2, 0.25) is 0 Å². The van der Waals surface area contributed by atoms with E-state index in [0.717, 1.165) is 27.3 Å². The third kappa shape index (κ3) is 2.99. The molecular weight excluding hydrogens is 350 g/mol. The van der Waals surface area contributed by atoms with Crippen LogP contribution in [0.4, 0.5) is 5.82 Å². The van der Waals surface area contributed by atoms with E-state index in [1.807, 2.05) is 43.5 Å². The maximum absolute atomic E-state index is 12.4. The minimum absolute atomic E-state index is 0.104. The number of anilines is 1. The quantitative estimate of drug-likeness (QED) is 0.539. The molecule has 0 unspecified atom stereocenters. The summed E-state index contributed by atoms with van der Waals surface area (Å²) in [5, 5.41) is 2.88. The standard InChI is InChI=1S/C19H15N3OS2/c1-11-14(12-5-7-20-8-6-12)10-15-16(19(23)22-18(15)21-11)9-13-3-4-17(24-2)25-13/h3-10H,1-2H3,(H,21,22,23). The number of aromatic nitrogens is 2. The lowest BCUT2D eigenvalue weighted by molar-refractivity contribution is -0.110. The van der Waals surface area contributed by atoms with E-state index in [9.17, 15) is 4.79 Å². The van der Waals surface area contributed by atoms with Crippen molar-refractivity contribution in [2.75, 3.05) is 11.6 Å². The number of carbonyl (C=O) groups is 1. The summed E-state index contributed by atoms with van der Waals surface area (Å²) in [6, 6.07) is 10.1. The molecule has 1 aliphatic rings. The molecule has 3 aromatic rings. The third-order valence-corrected chi connectivity index (χ3v) is 6.18. The van der Waals surface area contributed by atoms with Gasteiger partial charge in [0.15, 0.2) is 0 Å². The molecule has 0 spiro atoms. The van der Waals surface area contributed by atoms with Crippen molar-refractivity contribution >= 4 is 46.5 Å². The predicted molar refractivity (Wildman–Crippen MR) is 105 cm³/mol. The summed E-state index contributed by atoms with van der Waals surface area (Å²) in [5.41, 5.74) is 4.45. The molecule has 4 heterocycles. The van der Waals surface area contributed by atoms with Crippen LogP contribution < -0.4 is 5.32 Å². The van der Waals surface area contributed by atoms with Crippen molar-refractivity contribution in [2.24, 2.45) is 0 Å². The van der Waals surface area contributed by atoms with Crippen LogP contribution in [0, 0.1) is 6.92 Å². The first-order valence-electron chi connectivity index (χ1n) is 7.75. The van der Waals surface area contributed by atoms with E-state index >= 15 is 0 Å². The number of nitrogens with one attached hydrogen (secondary N) is 1. The topological polar surface area (TPSA) is 54.9 Å². The summed E-state index contributed by atoms with van der Waals surface area (Å²) in [6.45, 7) is 1.95. The van der Waals surface area contributed by atoms with Crippen LogP contribution in [-0.2, 0) is 4.79 Å². The van der Waals surface area contributed by atoms with Gasteiger partial charge >= 0.3 is 0 Å². The van der Waals surface area contributed by atoms with E-state index in [4.69, 9.17) is 0 Å². The number of rotatable bonds is 3. The number of nitrogens with zero attached hydrogens (tertiary/aromatic N) is 2. The van der Waals surface area contributed by atoms with Crippen LogP contribution in [0.15, 0.2) is 46.9 Å². The highest BCUT2D eigenvalue weighted by Crippen LogP contribution is 2.37. The molecule has 4 rings (SSSR count). The first-order chi connectivity index (χ1) is 12.2. The minimum Gasteiger partial charge on any atom is -0.306 e. The average molecular weight is 365 g/mol. The van der Waals surface area contributed by atoms with Gasteiger partial charge in [0.05, 0.1) is 9.78 Å². The molecule has 0 aliphatic carbocycles. The van der Waals surface area contributed by atoms with Crippen molar-refractivity contribution in [1.29, 1.82) is 0 Å². The number of fused-ring (bicyclic) bond motifs is 1. The van der Waals surface area contributed by atoms with E-state index in [1.54, 1.807) is 35.5 Å². The second-order valence-corrected chi connectivity index (χ2v) is 7.85. The molecule has 124 valence electrons. The fourth-order valence-electron chi connectivity index (χ4n) is 2.83.